The van der Waals surface area contributed by atoms with Gasteiger partial charge in [0.15, 0.2) is 16.7 Å². The van der Waals surface area contributed by atoms with Crippen molar-refractivity contribution in [1.82, 2.24) is 5.43 Å². The molecule has 2 aromatic carbocycles. The van der Waals surface area contributed by atoms with E-state index < -0.39 is 11.6 Å². The highest BCUT2D eigenvalue weighted by molar-refractivity contribution is 7.80. The van der Waals surface area contributed by atoms with E-state index in [-0.39, 0.29) is 17.5 Å². The van der Waals surface area contributed by atoms with Crippen LogP contribution < -0.4 is 15.9 Å². The molecule has 0 aliphatic carbocycles. The van der Waals surface area contributed by atoms with Gasteiger partial charge in [-0.1, -0.05) is 24.3 Å². The first-order valence-electron chi connectivity index (χ1n) is 6.30. The molecule has 0 aliphatic heterocycles. The summed E-state index contributed by atoms with van der Waals surface area (Å²) < 4.78 is 31.9. The van der Waals surface area contributed by atoms with Gasteiger partial charge in [-0.05, 0) is 29.9 Å². The first kappa shape index (κ1) is 15.8. The summed E-state index contributed by atoms with van der Waals surface area (Å²) in [6, 6.07) is 10.3. The molecule has 0 heterocycles. The van der Waals surface area contributed by atoms with Crippen molar-refractivity contribution < 1.29 is 13.5 Å². The molecular formula is C15H13F2N3OS. The van der Waals surface area contributed by atoms with Crippen LogP contribution in [0.2, 0.25) is 0 Å². The summed E-state index contributed by atoms with van der Waals surface area (Å²) in [6.07, 6.45) is 1.51. The quantitative estimate of drug-likeness (QED) is 0.505. The van der Waals surface area contributed by atoms with Crippen molar-refractivity contribution in [3.8, 4) is 5.75 Å². The summed E-state index contributed by atoms with van der Waals surface area (Å²) in [6.45, 7) is 0.0651. The lowest BCUT2D eigenvalue weighted by molar-refractivity contribution is 0.288. The predicted molar refractivity (Wildman–Crippen MR) is 84.6 cm³/mol. The third-order valence-corrected chi connectivity index (χ3v) is 2.80. The molecule has 114 valence electrons. The second kappa shape index (κ2) is 7.46. The van der Waals surface area contributed by atoms with Gasteiger partial charge in [0, 0.05) is 11.6 Å². The summed E-state index contributed by atoms with van der Waals surface area (Å²) in [5, 5.41) is 3.91. The molecular weight excluding hydrogens is 308 g/mol. The van der Waals surface area contributed by atoms with Crippen molar-refractivity contribution in [2.24, 2.45) is 10.8 Å². The first-order valence-corrected chi connectivity index (χ1v) is 6.71. The summed E-state index contributed by atoms with van der Waals surface area (Å²) in [4.78, 5) is 0. The minimum atomic E-state index is -0.623. The van der Waals surface area contributed by atoms with Crippen LogP contribution in [0.15, 0.2) is 47.6 Å². The average molecular weight is 321 g/mol. The van der Waals surface area contributed by atoms with Gasteiger partial charge in [-0.15, -0.1) is 0 Å². The number of hydrogen-bond donors (Lipinski definition) is 2. The molecule has 0 spiro atoms. The number of nitrogens with two attached hydrogens (primary N) is 1. The van der Waals surface area contributed by atoms with Crippen molar-refractivity contribution in [1.29, 1.82) is 0 Å². The minimum absolute atomic E-state index is 0.0480. The van der Waals surface area contributed by atoms with Crippen LogP contribution in [-0.4, -0.2) is 11.3 Å². The van der Waals surface area contributed by atoms with E-state index in [0.29, 0.717) is 0 Å². The van der Waals surface area contributed by atoms with E-state index in [2.05, 4.69) is 22.7 Å². The number of rotatable bonds is 5. The number of thiocarbonyl (C=S) groups is 1. The Morgan fingerprint density at radius 3 is 2.82 bits per heavy atom. The smallest absolute Gasteiger partial charge is 0.184 e. The summed E-state index contributed by atoms with van der Waals surface area (Å²) >= 11 is 4.64. The van der Waals surface area contributed by atoms with Crippen LogP contribution in [-0.2, 0) is 6.61 Å². The van der Waals surface area contributed by atoms with Crippen LogP contribution in [0, 0.1) is 11.6 Å². The number of benzene rings is 2. The monoisotopic (exact) mass is 321 g/mol. The van der Waals surface area contributed by atoms with Gasteiger partial charge in [-0.25, -0.2) is 8.78 Å². The molecule has 0 bridgehead atoms. The van der Waals surface area contributed by atoms with E-state index in [1.807, 2.05) is 6.07 Å². The molecule has 7 heteroatoms. The minimum Gasteiger partial charge on any atom is -0.486 e. The van der Waals surface area contributed by atoms with Crippen LogP contribution in [0.4, 0.5) is 8.78 Å². The van der Waals surface area contributed by atoms with Gasteiger partial charge >= 0.3 is 0 Å². The van der Waals surface area contributed by atoms with E-state index in [1.54, 1.807) is 18.2 Å². The molecule has 0 unspecified atom stereocenters. The first-order chi connectivity index (χ1) is 10.6. The molecule has 3 N–H and O–H groups in total. The molecule has 0 amide bonds. The van der Waals surface area contributed by atoms with Gasteiger partial charge in [0.25, 0.3) is 0 Å². The van der Waals surface area contributed by atoms with Gasteiger partial charge in [-0.2, -0.15) is 5.10 Å². The second-order valence-corrected chi connectivity index (χ2v) is 4.74. The lowest BCUT2D eigenvalue weighted by atomic mass is 10.1. The molecule has 0 saturated heterocycles. The van der Waals surface area contributed by atoms with Crippen molar-refractivity contribution in [3.63, 3.8) is 0 Å². The topological polar surface area (TPSA) is 59.6 Å². The highest BCUT2D eigenvalue weighted by Gasteiger charge is 2.07. The molecule has 22 heavy (non-hydrogen) atoms. The average Bonchev–Trinajstić information content (AvgIpc) is 2.49. The zero-order valence-electron chi connectivity index (χ0n) is 11.4. The molecule has 4 nitrogen and oxygen atoms in total. The summed E-state index contributed by atoms with van der Waals surface area (Å²) in [5.41, 5.74) is 9.19. The molecule has 0 saturated carbocycles. The highest BCUT2D eigenvalue weighted by Crippen LogP contribution is 2.20. The van der Waals surface area contributed by atoms with E-state index >= 15 is 0 Å². The Morgan fingerprint density at radius 2 is 2.05 bits per heavy atom. The van der Waals surface area contributed by atoms with E-state index in [9.17, 15) is 8.78 Å². The Balaban J connectivity index is 2.11. The molecule has 2 aromatic rings. The normalized spacial score (nSPS) is 10.6. The fourth-order valence-electron chi connectivity index (χ4n) is 1.70. The van der Waals surface area contributed by atoms with Crippen molar-refractivity contribution in [3.05, 3.63) is 65.2 Å². The number of halogens is 2. The maximum atomic E-state index is 13.5. The Kier molecular flexibility index (Phi) is 5.37. The number of hydrazone groups is 1. The third-order valence-electron chi connectivity index (χ3n) is 2.71. The van der Waals surface area contributed by atoms with Gasteiger partial charge in [-0.3, -0.25) is 5.43 Å². The van der Waals surface area contributed by atoms with E-state index in [4.69, 9.17) is 10.5 Å². The molecule has 0 fully saturated rings. The zero-order valence-corrected chi connectivity index (χ0v) is 12.2. The Morgan fingerprint density at radius 1 is 1.27 bits per heavy atom. The lowest BCUT2D eigenvalue weighted by Crippen LogP contribution is -2.24. The summed E-state index contributed by atoms with van der Waals surface area (Å²) in [5.74, 6) is -1.33. The predicted octanol–water partition coefficient (Wildman–Crippen LogP) is 2.71. The zero-order chi connectivity index (χ0) is 15.9. The molecule has 0 atom stereocenters. The fourth-order valence-corrected chi connectivity index (χ4v) is 1.75. The fraction of sp³-hybridized carbons (Fsp3) is 0.0667. The standard InChI is InChI=1S/C15H13F2N3OS/c16-12-5-6-13(17)14(7-12)21-9-11-4-2-1-3-10(11)8-19-20-15(18)22/h1-8H,9H2,(H3,18,20,22). The van der Waals surface area contributed by atoms with Crippen LogP contribution in [0.3, 0.4) is 0 Å². The molecule has 0 aromatic heterocycles. The maximum absolute atomic E-state index is 13.5. The maximum Gasteiger partial charge on any atom is 0.184 e. The van der Waals surface area contributed by atoms with Crippen molar-refractivity contribution in [2.75, 3.05) is 0 Å². The van der Waals surface area contributed by atoms with Crippen LogP contribution >= 0.6 is 12.2 Å². The number of hydrogen-bond acceptors (Lipinski definition) is 3. The number of ether oxygens (including phenoxy) is 1. The Hall–Kier alpha value is -2.54. The van der Waals surface area contributed by atoms with Crippen LogP contribution in [0.1, 0.15) is 11.1 Å². The second-order valence-electron chi connectivity index (χ2n) is 4.30. The van der Waals surface area contributed by atoms with Crippen LogP contribution in [0.5, 0.6) is 5.75 Å². The molecule has 0 radical (unpaired) electrons. The lowest BCUT2D eigenvalue weighted by Gasteiger charge is -2.09. The number of nitrogens with one attached hydrogen (secondary N) is 1. The molecule has 2 rings (SSSR count). The largest absolute Gasteiger partial charge is 0.486 e. The van der Waals surface area contributed by atoms with E-state index in [1.165, 1.54) is 6.21 Å². The Bertz CT molecular complexity index is 707. The van der Waals surface area contributed by atoms with Gasteiger partial charge in [0.2, 0.25) is 0 Å². The Labute approximate surface area is 131 Å². The molecule has 0 aliphatic rings. The SMILES string of the molecule is NC(=S)NN=Cc1ccccc1COc1cc(F)ccc1F. The van der Waals surface area contributed by atoms with Gasteiger partial charge < -0.3 is 10.5 Å². The van der Waals surface area contributed by atoms with Crippen LogP contribution in [0.25, 0.3) is 0 Å². The van der Waals surface area contributed by atoms with Crippen molar-refractivity contribution >= 4 is 23.5 Å². The highest BCUT2D eigenvalue weighted by atomic mass is 32.1. The number of nitrogens with zero attached hydrogens (tertiary/aromatic N) is 1. The van der Waals surface area contributed by atoms with Crippen molar-refractivity contribution in [2.45, 2.75) is 6.61 Å². The van der Waals surface area contributed by atoms with Gasteiger partial charge in [0.1, 0.15) is 12.4 Å². The van der Waals surface area contributed by atoms with Gasteiger partial charge in [0.05, 0.1) is 6.21 Å². The van der Waals surface area contributed by atoms with E-state index in [0.717, 1.165) is 29.3 Å². The summed E-state index contributed by atoms with van der Waals surface area (Å²) in [7, 11) is 0. The third kappa shape index (κ3) is 4.49.